The van der Waals surface area contributed by atoms with Gasteiger partial charge in [0, 0.05) is 47.4 Å². The molecule has 0 saturated carbocycles. The lowest BCUT2D eigenvalue weighted by Crippen LogP contribution is -1.94. The van der Waals surface area contributed by atoms with Gasteiger partial charge in [-0.3, -0.25) is 0 Å². The summed E-state index contributed by atoms with van der Waals surface area (Å²) in [6.07, 6.45) is 0. The normalized spacial score (nSPS) is 11.8. The predicted molar refractivity (Wildman–Crippen MR) is 187 cm³/mol. The van der Waals surface area contributed by atoms with E-state index in [1.54, 1.807) is 0 Å². The van der Waals surface area contributed by atoms with Crippen LogP contribution in [0.4, 0.5) is 0 Å². The second-order valence-electron chi connectivity index (χ2n) is 11.4. The van der Waals surface area contributed by atoms with Crippen LogP contribution in [-0.2, 0) is 0 Å². The molecule has 0 aliphatic rings. The minimum Gasteiger partial charge on any atom is -0.309 e. The lowest BCUT2D eigenvalue weighted by atomic mass is 9.96. The molecule has 0 spiro atoms. The molecule has 0 unspecified atom stereocenters. The van der Waals surface area contributed by atoms with Crippen LogP contribution in [0.25, 0.3) is 80.7 Å². The Labute approximate surface area is 253 Å². The fraction of sp³-hybridized carbons (Fsp3) is 0.0244. The molecule has 0 bridgehead atoms. The largest absolute Gasteiger partial charge is 0.309 e. The number of nitrogens with zero attached hydrogens (tertiary/aromatic N) is 1. The molecule has 43 heavy (non-hydrogen) atoms. The maximum Gasteiger partial charge on any atom is 0.0626 e. The van der Waals surface area contributed by atoms with Crippen molar-refractivity contribution in [2.45, 2.75) is 6.92 Å². The summed E-state index contributed by atoms with van der Waals surface area (Å²) in [5.74, 6) is 0. The Kier molecular flexibility index (Phi) is 5.35. The Balaban J connectivity index is 1.38. The number of benzene rings is 7. The number of aromatic nitrogens is 1. The van der Waals surface area contributed by atoms with Crippen molar-refractivity contribution in [2.75, 3.05) is 0 Å². The van der Waals surface area contributed by atoms with E-state index < -0.39 is 0 Å². The molecule has 0 N–H and O–H groups in total. The van der Waals surface area contributed by atoms with Crippen molar-refractivity contribution in [3.63, 3.8) is 0 Å². The second-order valence-corrected chi connectivity index (χ2v) is 12.5. The first kappa shape index (κ1) is 24.4. The molecular weight excluding hydrogens is 539 g/mol. The van der Waals surface area contributed by atoms with Gasteiger partial charge in [-0.1, -0.05) is 115 Å². The number of hydrogen-bond acceptors (Lipinski definition) is 1. The van der Waals surface area contributed by atoms with E-state index in [9.17, 15) is 0 Å². The Hall–Kier alpha value is -5.18. The van der Waals surface area contributed by atoms with Gasteiger partial charge < -0.3 is 4.57 Å². The van der Waals surface area contributed by atoms with E-state index in [0.29, 0.717) is 0 Å². The molecule has 0 radical (unpaired) electrons. The minimum absolute atomic E-state index is 1.19. The highest BCUT2D eigenvalue weighted by Gasteiger charge is 2.22. The Morgan fingerprint density at radius 2 is 1.09 bits per heavy atom. The summed E-state index contributed by atoms with van der Waals surface area (Å²) in [6.45, 7) is 2.19. The van der Waals surface area contributed by atoms with Gasteiger partial charge in [0.05, 0.1) is 11.0 Å². The highest BCUT2D eigenvalue weighted by molar-refractivity contribution is 7.27. The summed E-state index contributed by atoms with van der Waals surface area (Å²) in [6, 6.07) is 53.3. The summed E-state index contributed by atoms with van der Waals surface area (Å²) >= 11 is 1.92. The van der Waals surface area contributed by atoms with Crippen molar-refractivity contribution in [3.05, 3.63) is 151 Å². The molecule has 7 aromatic carbocycles. The van der Waals surface area contributed by atoms with Crippen LogP contribution in [-0.4, -0.2) is 4.57 Å². The van der Waals surface area contributed by atoms with Crippen LogP contribution < -0.4 is 0 Å². The first-order chi connectivity index (χ1) is 21.2. The predicted octanol–water partition coefficient (Wildman–Crippen LogP) is 11.9. The fourth-order valence-corrected chi connectivity index (χ4v) is 8.07. The molecular formula is C41H27NS. The molecule has 2 aromatic heterocycles. The zero-order valence-electron chi connectivity index (χ0n) is 23.7. The molecule has 2 heteroatoms. The van der Waals surface area contributed by atoms with Crippen molar-refractivity contribution >= 4 is 64.1 Å². The molecule has 202 valence electrons. The summed E-state index contributed by atoms with van der Waals surface area (Å²) in [4.78, 5) is 0. The molecule has 1 nitrogen and oxygen atoms in total. The van der Waals surface area contributed by atoms with Crippen molar-refractivity contribution in [2.24, 2.45) is 0 Å². The third kappa shape index (κ3) is 3.70. The van der Waals surface area contributed by atoms with Crippen molar-refractivity contribution in [1.29, 1.82) is 0 Å². The maximum atomic E-state index is 2.48. The second kappa shape index (κ2) is 9.42. The first-order valence-corrected chi connectivity index (χ1v) is 15.6. The molecule has 9 aromatic rings. The number of para-hydroxylation sites is 1. The molecule has 0 aliphatic heterocycles. The summed E-state index contributed by atoms with van der Waals surface area (Å²) in [5, 5.41) is 7.95. The molecule has 0 aliphatic carbocycles. The van der Waals surface area contributed by atoms with Crippen LogP contribution in [0.2, 0.25) is 0 Å². The number of hydrogen-bond donors (Lipinski definition) is 0. The number of rotatable bonds is 3. The van der Waals surface area contributed by atoms with Crippen LogP contribution in [0.1, 0.15) is 5.56 Å². The lowest BCUT2D eigenvalue weighted by molar-refractivity contribution is 1.18. The van der Waals surface area contributed by atoms with Crippen molar-refractivity contribution in [1.82, 2.24) is 4.57 Å². The highest BCUT2D eigenvalue weighted by Crippen LogP contribution is 2.48. The standard InChI is InChI=1S/C41H27NS/c1-26-16-22-34-36(24-26)42(31-12-6-3-7-13-31)40-32-14-8-9-15-33(32)41-39(38(34)40)35-25-30(21-23-37(35)43-41)29-19-17-28(18-20-29)27-10-4-2-5-11-27/h2-25H,1H3. The average Bonchev–Trinajstić information content (AvgIpc) is 3.61. The van der Waals surface area contributed by atoms with Gasteiger partial charge in [0.25, 0.3) is 0 Å². The van der Waals surface area contributed by atoms with Crippen LogP contribution in [0.3, 0.4) is 0 Å². The van der Waals surface area contributed by atoms with Crippen LogP contribution in [0.5, 0.6) is 0 Å². The van der Waals surface area contributed by atoms with Crippen LogP contribution in [0, 0.1) is 6.92 Å². The summed E-state index contributed by atoms with van der Waals surface area (Å²) in [7, 11) is 0. The van der Waals surface area contributed by atoms with Gasteiger partial charge in [0.1, 0.15) is 0 Å². The monoisotopic (exact) mass is 565 g/mol. The molecule has 9 rings (SSSR count). The van der Waals surface area contributed by atoms with Gasteiger partial charge in [-0.25, -0.2) is 0 Å². The van der Waals surface area contributed by atoms with Gasteiger partial charge in [-0.2, -0.15) is 0 Å². The Morgan fingerprint density at radius 1 is 0.465 bits per heavy atom. The van der Waals surface area contributed by atoms with E-state index in [1.165, 1.54) is 86.3 Å². The first-order valence-electron chi connectivity index (χ1n) is 14.8. The molecule has 0 amide bonds. The summed E-state index contributed by atoms with van der Waals surface area (Å²) in [5.41, 5.74) is 9.96. The Bertz CT molecular complexity index is 2480. The average molecular weight is 566 g/mol. The molecule has 0 fully saturated rings. The van der Waals surface area contributed by atoms with Crippen LogP contribution in [0.15, 0.2) is 146 Å². The molecule has 0 atom stereocenters. The van der Waals surface area contributed by atoms with E-state index in [0.717, 1.165) is 0 Å². The van der Waals surface area contributed by atoms with Gasteiger partial charge in [0.2, 0.25) is 0 Å². The van der Waals surface area contributed by atoms with Crippen molar-refractivity contribution in [3.8, 4) is 27.9 Å². The lowest BCUT2D eigenvalue weighted by Gasteiger charge is -2.11. The Morgan fingerprint density at radius 3 is 1.86 bits per heavy atom. The van der Waals surface area contributed by atoms with Gasteiger partial charge in [-0.15, -0.1) is 11.3 Å². The van der Waals surface area contributed by atoms with Gasteiger partial charge in [0.15, 0.2) is 0 Å². The van der Waals surface area contributed by atoms with Gasteiger partial charge in [-0.05, 0) is 65.1 Å². The fourth-order valence-electron chi connectivity index (χ4n) is 6.84. The van der Waals surface area contributed by atoms with E-state index >= 15 is 0 Å². The molecule has 0 saturated heterocycles. The number of thiophene rings is 1. The van der Waals surface area contributed by atoms with E-state index in [2.05, 4.69) is 157 Å². The SMILES string of the molecule is Cc1ccc2c3c4c5cc(-c6ccc(-c7ccccc7)cc6)ccc5sc4c4ccccc4c3n(-c3ccccc3)c2c1. The highest BCUT2D eigenvalue weighted by atomic mass is 32.1. The van der Waals surface area contributed by atoms with Crippen molar-refractivity contribution < 1.29 is 0 Å². The minimum atomic E-state index is 1.19. The number of aryl methyl sites for hydroxylation is 1. The zero-order valence-corrected chi connectivity index (χ0v) is 24.5. The zero-order chi connectivity index (χ0) is 28.5. The maximum absolute atomic E-state index is 2.48. The third-order valence-corrected chi connectivity index (χ3v) is 10.0. The molecule has 2 heterocycles. The van der Waals surface area contributed by atoms with E-state index in [4.69, 9.17) is 0 Å². The topological polar surface area (TPSA) is 4.93 Å². The van der Waals surface area contributed by atoms with E-state index in [-0.39, 0.29) is 0 Å². The van der Waals surface area contributed by atoms with Gasteiger partial charge >= 0.3 is 0 Å². The smallest absolute Gasteiger partial charge is 0.0626 e. The summed E-state index contributed by atoms with van der Waals surface area (Å²) < 4.78 is 5.17. The number of fused-ring (bicyclic) bond motifs is 10. The van der Waals surface area contributed by atoms with E-state index in [1.807, 2.05) is 11.3 Å². The van der Waals surface area contributed by atoms with Crippen LogP contribution >= 0.6 is 11.3 Å². The quantitative estimate of drug-likeness (QED) is 0.201. The third-order valence-electron chi connectivity index (χ3n) is 8.83.